The lowest BCUT2D eigenvalue weighted by atomic mass is 10.1. The van der Waals surface area contributed by atoms with Gasteiger partial charge in [-0.2, -0.15) is 25.3 Å². The summed E-state index contributed by atoms with van der Waals surface area (Å²) in [5, 5.41) is 18.1. The summed E-state index contributed by atoms with van der Waals surface area (Å²) in [7, 11) is 3.75. The molecular weight excluding hydrogens is 384 g/mol. The number of rotatable bonds is 17. The molecule has 0 saturated carbocycles. The number of carboxylic acids is 2. The van der Waals surface area contributed by atoms with Crippen molar-refractivity contribution in [3.8, 4) is 0 Å². The quantitative estimate of drug-likeness (QED) is 0.152. The molecule has 4 nitrogen and oxygen atoms in total. The van der Waals surface area contributed by atoms with Crippen molar-refractivity contribution in [3.05, 3.63) is 0 Å². The van der Waals surface area contributed by atoms with Crippen molar-refractivity contribution in [2.75, 3.05) is 11.5 Å². The molecule has 0 rings (SSSR count). The number of hydrogen-bond acceptors (Lipinski definition) is 6. The van der Waals surface area contributed by atoms with Crippen LogP contribution in [0.2, 0.25) is 0 Å². The molecule has 0 spiro atoms. The summed E-state index contributed by atoms with van der Waals surface area (Å²) in [6, 6.07) is 0. The van der Waals surface area contributed by atoms with E-state index in [-0.39, 0.29) is 12.8 Å². The summed E-state index contributed by atoms with van der Waals surface area (Å²) in [6.45, 7) is 0. The molecule has 0 radical (unpaired) electrons. The first-order valence-electron chi connectivity index (χ1n) is 8.46. The second kappa shape index (κ2) is 16.8. The van der Waals surface area contributed by atoms with Crippen molar-refractivity contribution in [1.82, 2.24) is 0 Å². The Balaban J connectivity index is 3.67. The summed E-state index contributed by atoms with van der Waals surface area (Å²) in [5.74, 6) is 0.452. The van der Waals surface area contributed by atoms with Crippen molar-refractivity contribution < 1.29 is 19.8 Å². The van der Waals surface area contributed by atoms with Crippen LogP contribution >= 0.6 is 46.8 Å². The standard InChI is InChI=1S/C16H30O4S4/c17-15(18)7-3-1-5-13(22)10-12-23-24-14(9-11-21)6-2-4-8-16(19)20/h13-14,21-22H,1-12H2,(H,17,18)(H,19,20). The van der Waals surface area contributed by atoms with Crippen LogP contribution < -0.4 is 0 Å². The smallest absolute Gasteiger partial charge is 0.303 e. The van der Waals surface area contributed by atoms with Crippen LogP contribution in [0.15, 0.2) is 0 Å². The lowest BCUT2D eigenvalue weighted by Gasteiger charge is -2.15. The van der Waals surface area contributed by atoms with Crippen molar-refractivity contribution in [3.63, 3.8) is 0 Å². The molecule has 2 N–H and O–H groups in total. The highest BCUT2D eigenvalue weighted by Crippen LogP contribution is 2.33. The Morgan fingerprint density at radius 1 is 0.875 bits per heavy atom. The van der Waals surface area contributed by atoms with Crippen LogP contribution in [-0.2, 0) is 9.59 Å². The first-order chi connectivity index (χ1) is 11.5. The van der Waals surface area contributed by atoms with Gasteiger partial charge in [-0.1, -0.05) is 34.4 Å². The third-order valence-corrected chi connectivity index (χ3v) is 7.32. The Kier molecular flexibility index (Phi) is 17.0. The zero-order valence-corrected chi connectivity index (χ0v) is 17.5. The number of carbonyl (C=O) groups is 2. The summed E-state index contributed by atoms with van der Waals surface area (Å²) in [5.41, 5.74) is 0. The van der Waals surface area contributed by atoms with E-state index >= 15 is 0 Å². The normalized spacial score (nSPS) is 13.6. The molecule has 0 aromatic heterocycles. The molecule has 8 heteroatoms. The van der Waals surface area contributed by atoms with Crippen LogP contribution in [0.25, 0.3) is 0 Å². The second-order valence-corrected chi connectivity index (χ2v) is 9.74. The van der Waals surface area contributed by atoms with E-state index in [1.165, 1.54) is 0 Å². The predicted molar refractivity (Wildman–Crippen MR) is 112 cm³/mol. The molecule has 0 aliphatic rings. The SMILES string of the molecule is O=C(O)CCCCC(S)CCSSC(CCS)CCCCC(=O)O. The summed E-state index contributed by atoms with van der Waals surface area (Å²) >= 11 is 8.88. The van der Waals surface area contributed by atoms with Crippen LogP contribution in [0.1, 0.15) is 64.2 Å². The van der Waals surface area contributed by atoms with E-state index in [1.54, 1.807) is 0 Å². The van der Waals surface area contributed by atoms with Gasteiger partial charge >= 0.3 is 11.9 Å². The lowest BCUT2D eigenvalue weighted by molar-refractivity contribution is -0.138. The predicted octanol–water partition coefficient (Wildman–Crippen LogP) is 5.03. The van der Waals surface area contributed by atoms with Gasteiger partial charge in [0.1, 0.15) is 0 Å². The van der Waals surface area contributed by atoms with Gasteiger partial charge in [0.25, 0.3) is 0 Å². The van der Waals surface area contributed by atoms with Gasteiger partial charge in [0.15, 0.2) is 0 Å². The fraction of sp³-hybridized carbons (Fsp3) is 0.875. The highest BCUT2D eigenvalue weighted by atomic mass is 33.1. The molecule has 0 aromatic carbocycles. The molecule has 142 valence electrons. The maximum absolute atomic E-state index is 10.5. The molecule has 0 saturated heterocycles. The van der Waals surface area contributed by atoms with E-state index in [0.717, 1.165) is 62.9 Å². The summed E-state index contributed by atoms with van der Waals surface area (Å²) < 4.78 is 0. The van der Waals surface area contributed by atoms with E-state index in [1.807, 2.05) is 21.6 Å². The van der Waals surface area contributed by atoms with Gasteiger partial charge < -0.3 is 10.2 Å². The van der Waals surface area contributed by atoms with E-state index in [4.69, 9.17) is 10.2 Å². The molecule has 0 heterocycles. The number of aliphatic carboxylic acids is 2. The van der Waals surface area contributed by atoms with Crippen LogP contribution in [-0.4, -0.2) is 44.2 Å². The fourth-order valence-corrected chi connectivity index (χ4v) is 6.01. The van der Waals surface area contributed by atoms with E-state index in [9.17, 15) is 9.59 Å². The van der Waals surface area contributed by atoms with Gasteiger partial charge in [0.05, 0.1) is 0 Å². The minimum Gasteiger partial charge on any atom is -0.481 e. The molecule has 0 amide bonds. The second-order valence-electron chi connectivity index (χ2n) is 5.77. The van der Waals surface area contributed by atoms with Crippen molar-refractivity contribution >= 4 is 58.8 Å². The topological polar surface area (TPSA) is 74.6 Å². The Hall–Kier alpha value is 0.340. The molecule has 0 bridgehead atoms. The summed E-state index contributed by atoms with van der Waals surface area (Å²) in [4.78, 5) is 21.0. The van der Waals surface area contributed by atoms with Crippen LogP contribution in [0.5, 0.6) is 0 Å². The molecule has 0 aliphatic carbocycles. The minimum atomic E-state index is -0.726. The molecule has 2 atom stereocenters. The third-order valence-electron chi connectivity index (χ3n) is 3.53. The number of carboxylic acid groups (broad SMARTS) is 2. The Bertz CT molecular complexity index is 342. The molecule has 0 fully saturated rings. The van der Waals surface area contributed by atoms with Gasteiger partial charge in [-0.3, -0.25) is 9.59 Å². The molecular formula is C16H30O4S4. The van der Waals surface area contributed by atoms with E-state index in [0.29, 0.717) is 10.5 Å². The van der Waals surface area contributed by atoms with Crippen LogP contribution in [0, 0.1) is 0 Å². The Morgan fingerprint density at radius 2 is 1.46 bits per heavy atom. The van der Waals surface area contributed by atoms with Gasteiger partial charge in [-0.05, 0) is 44.3 Å². The monoisotopic (exact) mass is 414 g/mol. The van der Waals surface area contributed by atoms with E-state index < -0.39 is 11.9 Å². The first-order valence-corrected chi connectivity index (χ1v) is 12.0. The number of hydrogen-bond donors (Lipinski definition) is 4. The molecule has 24 heavy (non-hydrogen) atoms. The number of unbranched alkanes of at least 4 members (excludes halogenated alkanes) is 2. The minimum absolute atomic E-state index is 0.248. The highest BCUT2D eigenvalue weighted by Gasteiger charge is 2.11. The number of thiol groups is 2. The summed E-state index contributed by atoms with van der Waals surface area (Å²) in [6.07, 6.45) is 7.96. The largest absolute Gasteiger partial charge is 0.481 e. The van der Waals surface area contributed by atoms with Crippen molar-refractivity contribution in [2.45, 2.75) is 74.7 Å². The first kappa shape index (κ1) is 24.3. The Labute approximate surface area is 164 Å². The third kappa shape index (κ3) is 17.2. The fourth-order valence-electron chi connectivity index (χ4n) is 2.16. The van der Waals surface area contributed by atoms with Gasteiger partial charge in [-0.25, -0.2) is 0 Å². The van der Waals surface area contributed by atoms with Crippen LogP contribution in [0.4, 0.5) is 0 Å². The molecule has 0 aromatic rings. The van der Waals surface area contributed by atoms with Gasteiger partial charge in [0, 0.05) is 29.1 Å². The average molecular weight is 415 g/mol. The van der Waals surface area contributed by atoms with Crippen molar-refractivity contribution in [2.24, 2.45) is 0 Å². The van der Waals surface area contributed by atoms with Gasteiger partial charge in [-0.15, -0.1) is 0 Å². The highest BCUT2D eigenvalue weighted by molar-refractivity contribution is 8.76. The molecule has 0 aliphatic heterocycles. The zero-order valence-electron chi connectivity index (χ0n) is 14.1. The maximum Gasteiger partial charge on any atom is 0.303 e. The van der Waals surface area contributed by atoms with Crippen LogP contribution in [0.3, 0.4) is 0 Å². The van der Waals surface area contributed by atoms with Crippen molar-refractivity contribution in [1.29, 1.82) is 0 Å². The zero-order chi connectivity index (χ0) is 18.2. The maximum atomic E-state index is 10.5. The lowest BCUT2D eigenvalue weighted by Crippen LogP contribution is -2.04. The average Bonchev–Trinajstić information content (AvgIpc) is 2.51. The molecule has 2 unspecified atom stereocenters. The Morgan fingerprint density at radius 3 is 2.00 bits per heavy atom. The van der Waals surface area contributed by atoms with E-state index in [2.05, 4.69) is 25.3 Å². The van der Waals surface area contributed by atoms with Gasteiger partial charge in [0.2, 0.25) is 0 Å².